The van der Waals surface area contributed by atoms with Gasteiger partial charge in [-0.3, -0.25) is 9.88 Å². The highest BCUT2D eigenvalue weighted by Crippen LogP contribution is 2.25. The van der Waals surface area contributed by atoms with Crippen molar-refractivity contribution in [2.24, 2.45) is 0 Å². The van der Waals surface area contributed by atoms with Gasteiger partial charge in [0.15, 0.2) is 0 Å². The third kappa shape index (κ3) is 2.75. The van der Waals surface area contributed by atoms with Gasteiger partial charge in [-0.1, -0.05) is 24.3 Å². The highest BCUT2D eigenvalue weighted by atomic mass is 35.5. The molecule has 2 nitrogen and oxygen atoms in total. The highest BCUT2D eigenvalue weighted by molar-refractivity contribution is 6.17. The molecule has 100 valence electrons. The number of nitrogens with zero attached hydrogens (tertiary/aromatic N) is 2. The molecule has 0 N–H and O–H groups in total. The molecule has 1 atom stereocenters. The van der Waals surface area contributed by atoms with Crippen LogP contribution in [0, 0.1) is 0 Å². The van der Waals surface area contributed by atoms with Gasteiger partial charge < -0.3 is 0 Å². The summed E-state index contributed by atoms with van der Waals surface area (Å²) in [6.45, 7) is 2.18. The molecule has 1 unspecified atom stereocenters. The van der Waals surface area contributed by atoms with Crippen LogP contribution >= 0.6 is 11.6 Å². The molecule has 0 bridgehead atoms. The van der Waals surface area contributed by atoms with Gasteiger partial charge in [0, 0.05) is 30.0 Å². The van der Waals surface area contributed by atoms with Crippen LogP contribution in [0.5, 0.6) is 0 Å². The van der Waals surface area contributed by atoms with Crippen molar-refractivity contribution in [1.29, 1.82) is 0 Å². The Morgan fingerprint density at radius 2 is 2.16 bits per heavy atom. The van der Waals surface area contributed by atoms with E-state index in [1.165, 1.54) is 30.3 Å². The molecule has 1 aromatic heterocycles. The minimum Gasteiger partial charge on any atom is -0.296 e. The Labute approximate surface area is 119 Å². The lowest BCUT2D eigenvalue weighted by atomic mass is 10.1. The van der Waals surface area contributed by atoms with Crippen molar-refractivity contribution in [2.75, 3.05) is 12.4 Å². The van der Waals surface area contributed by atoms with E-state index in [1.54, 1.807) is 0 Å². The molecule has 0 amide bonds. The van der Waals surface area contributed by atoms with Crippen molar-refractivity contribution in [3.05, 3.63) is 42.1 Å². The van der Waals surface area contributed by atoms with Crippen LogP contribution in [-0.4, -0.2) is 28.4 Å². The van der Waals surface area contributed by atoms with Crippen LogP contribution in [0.1, 0.15) is 24.8 Å². The summed E-state index contributed by atoms with van der Waals surface area (Å²) in [7, 11) is 0. The molecule has 1 saturated heterocycles. The summed E-state index contributed by atoms with van der Waals surface area (Å²) in [5.41, 5.74) is 2.47. The summed E-state index contributed by atoms with van der Waals surface area (Å²) in [6.07, 6.45) is 5.55. The van der Waals surface area contributed by atoms with Gasteiger partial charge in [-0.05, 0) is 37.4 Å². The lowest BCUT2D eigenvalue weighted by Crippen LogP contribution is -2.29. The van der Waals surface area contributed by atoms with Gasteiger partial charge in [0.05, 0.1) is 5.52 Å². The third-order valence-corrected chi connectivity index (χ3v) is 4.25. The molecule has 1 aliphatic heterocycles. The van der Waals surface area contributed by atoms with E-state index in [0.29, 0.717) is 6.04 Å². The SMILES string of the molecule is ClCCC1CCCN1Cc1cccc2cccnc12. The van der Waals surface area contributed by atoms with Crippen molar-refractivity contribution in [3.63, 3.8) is 0 Å². The van der Waals surface area contributed by atoms with E-state index < -0.39 is 0 Å². The first-order valence-electron chi connectivity index (χ1n) is 7.01. The molecule has 1 aliphatic rings. The summed E-state index contributed by atoms with van der Waals surface area (Å²) in [4.78, 5) is 7.10. The Hall–Kier alpha value is -1.12. The Bertz CT molecular complexity index is 550. The molecule has 2 heterocycles. The lowest BCUT2D eigenvalue weighted by molar-refractivity contribution is 0.241. The van der Waals surface area contributed by atoms with E-state index in [9.17, 15) is 0 Å². The van der Waals surface area contributed by atoms with Gasteiger partial charge in [0.1, 0.15) is 0 Å². The standard InChI is InChI=1S/C16H19ClN2/c17-9-8-15-7-3-11-19(15)12-14-5-1-4-13-6-2-10-18-16(13)14/h1-2,4-6,10,15H,3,7-9,11-12H2. The van der Waals surface area contributed by atoms with E-state index in [-0.39, 0.29) is 0 Å². The first kappa shape index (κ1) is 12.9. The van der Waals surface area contributed by atoms with Crippen LogP contribution in [0.2, 0.25) is 0 Å². The molecular weight excluding hydrogens is 256 g/mol. The number of aromatic nitrogens is 1. The average Bonchev–Trinajstić information content (AvgIpc) is 2.87. The first-order chi connectivity index (χ1) is 9.38. The maximum atomic E-state index is 5.91. The zero-order chi connectivity index (χ0) is 13.1. The number of hydrogen-bond donors (Lipinski definition) is 0. The number of hydrogen-bond acceptors (Lipinski definition) is 2. The zero-order valence-electron chi connectivity index (χ0n) is 11.1. The average molecular weight is 275 g/mol. The van der Waals surface area contributed by atoms with E-state index >= 15 is 0 Å². The molecule has 0 aliphatic carbocycles. The smallest absolute Gasteiger partial charge is 0.0746 e. The van der Waals surface area contributed by atoms with Gasteiger partial charge in [-0.2, -0.15) is 0 Å². The lowest BCUT2D eigenvalue weighted by Gasteiger charge is -2.24. The summed E-state index contributed by atoms with van der Waals surface area (Å²) in [5.74, 6) is 0.759. The Kier molecular flexibility index (Phi) is 4.00. The maximum Gasteiger partial charge on any atom is 0.0746 e. The number of para-hydroxylation sites is 1. The number of likely N-dealkylation sites (tertiary alicyclic amines) is 1. The maximum absolute atomic E-state index is 5.91. The van der Waals surface area contributed by atoms with Crippen LogP contribution in [0.15, 0.2) is 36.5 Å². The number of benzene rings is 1. The second kappa shape index (κ2) is 5.89. The van der Waals surface area contributed by atoms with E-state index in [1.807, 2.05) is 12.3 Å². The normalized spacial score (nSPS) is 20.2. The van der Waals surface area contributed by atoms with E-state index in [4.69, 9.17) is 11.6 Å². The molecule has 0 radical (unpaired) electrons. The molecular formula is C16H19ClN2. The fourth-order valence-electron chi connectivity index (χ4n) is 3.07. The number of pyridine rings is 1. The van der Waals surface area contributed by atoms with Crippen LogP contribution in [0.4, 0.5) is 0 Å². The summed E-state index contributed by atoms with van der Waals surface area (Å²) in [5, 5.41) is 1.23. The summed E-state index contributed by atoms with van der Waals surface area (Å²) >= 11 is 5.91. The van der Waals surface area contributed by atoms with E-state index in [0.717, 1.165) is 24.4 Å². The minimum atomic E-state index is 0.650. The first-order valence-corrected chi connectivity index (χ1v) is 7.54. The van der Waals surface area contributed by atoms with Crippen molar-refractivity contribution in [3.8, 4) is 0 Å². The van der Waals surface area contributed by atoms with Crippen molar-refractivity contribution < 1.29 is 0 Å². The number of halogens is 1. The molecule has 2 aromatic rings. The molecule has 1 aromatic carbocycles. The van der Waals surface area contributed by atoms with Crippen molar-refractivity contribution in [1.82, 2.24) is 9.88 Å². The molecule has 19 heavy (non-hydrogen) atoms. The fourth-order valence-corrected chi connectivity index (χ4v) is 3.32. The van der Waals surface area contributed by atoms with Gasteiger partial charge in [0.2, 0.25) is 0 Å². The van der Waals surface area contributed by atoms with Crippen LogP contribution in [0.25, 0.3) is 10.9 Å². The van der Waals surface area contributed by atoms with Crippen molar-refractivity contribution in [2.45, 2.75) is 31.8 Å². The van der Waals surface area contributed by atoms with Gasteiger partial charge in [-0.25, -0.2) is 0 Å². The zero-order valence-corrected chi connectivity index (χ0v) is 11.8. The number of fused-ring (bicyclic) bond motifs is 1. The molecule has 1 fully saturated rings. The largest absolute Gasteiger partial charge is 0.296 e. The highest BCUT2D eigenvalue weighted by Gasteiger charge is 2.24. The monoisotopic (exact) mass is 274 g/mol. The van der Waals surface area contributed by atoms with Crippen molar-refractivity contribution >= 4 is 22.5 Å². The van der Waals surface area contributed by atoms with E-state index in [2.05, 4.69) is 34.1 Å². The predicted molar refractivity (Wildman–Crippen MR) is 80.5 cm³/mol. The Morgan fingerprint density at radius 3 is 3.05 bits per heavy atom. The Morgan fingerprint density at radius 1 is 1.26 bits per heavy atom. The summed E-state index contributed by atoms with van der Waals surface area (Å²) in [6, 6.07) is 11.2. The van der Waals surface area contributed by atoms with Crippen LogP contribution in [-0.2, 0) is 6.54 Å². The molecule has 3 heteroatoms. The molecule has 0 saturated carbocycles. The molecule has 3 rings (SSSR count). The summed E-state index contributed by atoms with van der Waals surface area (Å²) < 4.78 is 0. The van der Waals surface area contributed by atoms with Gasteiger partial charge in [-0.15, -0.1) is 11.6 Å². The fraction of sp³-hybridized carbons (Fsp3) is 0.438. The molecule has 0 spiro atoms. The van der Waals surface area contributed by atoms with Gasteiger partial charge in [0.25, 0.3) is 0 Å². The minimum absolute atomic E-state index is 0.650. The number of alkyl halides is 1. The second-order valence-electron chi connectivity index (χ2n) is 5.24. The van der Waals surface area contributed by atoms with Gasteiger partial charge >= 0.3 is 0 Å². The predicted octanol–water partition coefficient (Wildman–Crippen LogP) is 3.83. The second-order valence-corrected chi connectivity index (χ2v) is 5.61. The number of rotatable bonds is 4. The van der Waals surface area contributed by atoms with Crippen LogP contribution in [0.3, 0.4) is 0 Å². The quantitative estimate of drug-likeness (QED) is 0.788. The third-order valence-electron chi connectivity index (χ3n) is 4.03. The van der Waals surface area contributed by atoms with Crippen LogP contribution < -0.4 is 0 Å². The Balaban J connectivity index is 1.85. The topological polar surface area (TPSA) is 16.1 Å².